The highest BCUT2D eigenvalue weighted by Crippen LogP contribution is 2.29. The number of hydrogen-bond donors (Lipinski definition) is 2. The maximum Gasteiger partial charge on any atom is 0.0110 e. The van der Waals surface area contributed by atoms with Crippen LogP contribution in [0.4, 0.5) is 0 Å². The van der Waals surface area contributed by atoms with E-state index in [2.05, 4.69) is 12.2 Å². The molecule has 4 atom stereocenters. The minimum atomic E-state index is 0.717. The van der Waals surface area contributed by atoms with Crippen molar-refractivity contribution in [1.82, 2.24) is 5.32 Å². The smallest absolute Gasteiger partial charge is 0.0110 e. The van der Waals surface area contributed by atoms with Gasteiger partial charge in [-0.2, -0.15) is 0 Å². The highest BCUT2D eigenvalue weighted by molar-refractivity contribution is 4.88. The van der Waals surface area contributed by atoms with Crippen molar-refractivity contribution in [2.75, 3.05) is 6.54 Å². The molecule has 2 saturated carbocycles. The summed E-state index contributed by atoms with van der Waals surface area (Å²) in [4.78, 5) is 0. The first-order chi connectivity index (χ1) is 7.31. The van der Waals surface area contributed by atoms with Crippen molar-refractivity contribution in [2.45, 2.75) is 64.0 Å². The van der Waals surface area contributed by atoms with Gasteiger partial charge in [-0.3, -0.25) is 0 Å². The van der Waals surface area contributed by atoms with Crippen LogP contribution in [0.15, 0.2) is 0 Å². The molecule has 88 valence electrons. The molecule has 15 heavy (non-hydrogen) atoms. The third-order valence-corrected chi connectivity index (χ3v) is 4.50. The van der Waals surface area contributed by atoms with E-state index in [1.807, 2.05) is 0 Å². The minimum absolute atomic E-state index is 0.717. The standard InChI is InChI=1S/C13H26N2/c1-10-5-4-8-12(10)15-13-7-3-2-6-11(13)9-14/h10-13,15H,2-9,14H2,1H3. The molecule has 0 aromatic heterocycles. The van der Waals surface area contributed by atoms with Gasteiger partial charge in [0, 0.05) is 12.1 Å². The molecule has 0 aromatic rings. The molecule has 2 aliphatic rings. The van der Waals surface area contributed by atoms with Crippen LogP contribution >= 0.6 is 0 Å². The number of hydrogen-bond acceptors (Lipinski definition) is 2. The van der Waals surface area contributed by atoms with Crippen molar-refractivity contribution in [1.29, 1.82) is 0 Å². The zero-order valence-electron chi connectivity index (χ0n) is 10.0. The van der Waals surface area contributed by atoms with Crippen molar-refractivity contribution in [3.8, 4) is 0 Å². The Morgan fingerprint density at radius 3 is 2.40 bits per heavy atom. The molecule has 2 nitrogen and oxygen atoms in total. The fourth-order valence-corrected chi connectivity index (χ4v) is 3.38. The van der Waals surface area contributed by atoms with Gasteiger partial charge in [0.15, 0.2) is 0 Å². The third-order valence-electron chi connectivity index (χ3n) is 4.50. The molecule has 0 radical (unpaired) electrons. The van der Waals surface area contributed by atoms with E-state index < -0.39 is 0 Å². The maximum absolute atomic E-state index is 5.86. The monoisotopic (exact) mass is 210 g/mol. The normalized spacial score (nSPS) is 42.0. The van der Waals surface area contributed by atoms with Crippen LogP contribution in [0, 0.1) is 11.8 Å². The lowest BCUT2D eigenvalue weighted by molar-refractivity contribution is 0.234. The molecule has 0 aromatic carbocycles. The molecule has 4 unspecified atom stereocenters. The summed E-state index contributed by atoms with van der Waals surface area (Å²) in [5.41, 5.74) is 5.86. The summed E-state index contributed by atoms with van der Waals surface area (Å²) in [6.07, 6.45) is 9.70. The van der Waals surface area contributed by atoms with E-state index >= 15 is 0 Å². The molecule has 3 N–H and O–H groups in total. The van der Waals surface area contributed by atoms with Gasteiger partial charge < -0.3 is 11.1 Å². The van der Waals surface area contributed by atoms with Crippen LogP contribution in [0.3, 0.4) is 0 Å². The molecule has 2 heteroatoms. The molecule has 0 amide bonds. The summed E-state index contributed by atoms with van der Waals surface area (Å²) in [5.74, 6) is 1.62. The molecule has 0 bridgehead atoms. The van der Waals surface area contributed by atoms with E-state index in [0.717, 1.165) is 24.4 Å². The molecular weight excluding hydrogens is 184 g/mol. The Kier molecular flexibility index (Phi) is 4.04. The van der Waals surface area contributed by atoms with Crippen LogP contribution in [0.2, 0.25) is 0 Å². The molecule has 0 aliphatic heterocycles. The first kappa shape index (κ1) is 11.4. The van der Waals surface area contributed by atoms with Crippen molar-refractivity contribution < 1.29 is 0 Å². The van der Waals surface area contributed by atoms with Crippen molar-refractivity contribution in [3.63, 3.8) is 0 Å². The van der Waals surface area contributed by atoms with Gasteiger partial charge in [-0.05, 0) is 44.1 Å². The SMILES string of the molecule is CC1CCCC1NC1CCCCC1CN. The van der Waals surface area contributed by atoms with Gasteiger partial charge in [0.05, 0.1) is 0 Å². The molecule has 2 rings (SSSR count). The largest absolute Gasteiger partial charge is 0.330 e. The second-order valence-corrected chi connectivity index (χ2v) is 5.57. The second kappa shape index (κ2) is 5.31. The zero-order valence-corrected chi connectivity index (χ0v) is 10.0. The van der Waals surface area contributed by atoms with Gasteiger partial charge in [0.25, 0.3) is 0 Å². The summed E-state index contributed by atoms with van der Waals surface area (Å²) in [7, 11) is 0. The van der Waals surface area contributed by atoms with E-state index in [0.29, 0.717) is 6.04 Å². The number of nitrogens with one attached hydrogen (secondary N) is 1. The molecule has 2 fully saturated rings. The number of rotatable bonds is 3. The van der Waals surface area contributed by atoms with Crippen LogP contribution < -0.4 is 11.1 Å². The third kappa shape index (κ3) is 2.73. The summed E-state index contributed by atoms with van der Waals surface area (Å²) in [6.45, 7) is 3.27. The van der Waals surface area contributed by atoms with Crippen molar-refractivity contribution in [2.24, 2.45) is 17.6 Å². The van der Waals surface area contributed by atoms with Gasteiger partial charge in [0.2, 0.25) is 0 Å². The second-order valence-electron chi connectivity index (χ2n) is 5.57. The van der Waals surface area contributed by atoms with Crippen molar-refractivity contribution >= 4 is 0 Å². The Morgan fingerprint density at radius 1 is 1.00 bits per heavy atom. The molecule has 0 spiro atoms. The molecule has 2 aliphatic carbocycles. The summed E-state index contributed by atoms with van der Waals surface area (Å²) < 4.78 is 0. The van der Waals surface area contributed by atoms with E-state index in [1.165, 1.54) is 44.9 Å². The Hall–Kier alpha value is -0.0800. The molecule has 0 saturated heterocycles. The molecule has 0 heterocycles. The highest BCUT2D eigenvalue weighted by atomic mass is 15.0. The number of nitrogens with two attached hydrogens (primary N) is 1. The van der Waals surface area contributed by atoms with E-state index in [1.54, 1.807) is 0 Å². The summed E-state index contributed by atoms with van der Waals surface area (Å²) >= 11 is 0. The van der Waals surface area contributed by atoms with Gasteiger partial charge >= 0.3 is 0 Å². The van der Waals surface area contributed by atoms with Gasteiger partial charge in [-0.15, -0.1) is 0 Å². The summed E-state index contributed by atoms with van der Waals surface area (Å²) in [5, 5.41) is 3.89. The Morgan fingerprint density at radius 2 is 1.73 bits per heavy atom. The van der Waals surface area contributed by atoms with E-state index in [-0.39, 0.29) is 0 Å². The van der Waals surface area contributed by atoms with E-state index in [4.69, 9.17) is 5.73 Å². The first-order valence-electron chi connectivity index (χ1n) is 6.77. The quantitative estimate of drug-likeness (QED) is 0.750. The van der Waals surface area contributed by atoms with Crippen LogP contribution in [0.5, 0.6) is 0 Å². The zero-order chi connectivity index (χ0) is 10.7. The van der Waals surface area contributed by atoms with Crippen molar-refractivity contribution in [3.05, 3.63) is 0 Å². The fourth-order valence-electron chi connectivity index (χ4n) is 3.38. The van der Waals surface area contributed by atoms with Crippen LogP contribution in [-0.2, 0) is 0 Å². The Labute approximate surface area is 94.0 Å². The first-order valence-corrected chi connectivity index (χ1v) is 6.77. The average Bonchev–Trinajstić information content (AvgIpc) is 2.65. The lowest BCUT2D eigenvalue weighted by Crippen LogP contribution is -2.47. The summed E-state index contributed by atoms with van der Waals surface area (Å²) in [6, 6.07) is 1.50. The van der Waals surface area contributed by atoms with Gasteiger partial charge in [-0.1, -0.05) is 26.2 Å². The molecular formula is C13H26N2. The average molecular weight is 210 g/mol. The van der Waals surface area contributed by atoms with Crippen LogP contribution in [0.25, 0.3) is 0 Å². The highest BCUT2D eigenvalue weighted by Gasteiger charge is 2.30. The predicted octanol–water partition coefficient (Wildman–Crippen LogP) is 2.28. The Bertz CT molecular complexity index is 193. The lowest BCUT2D eigenvalue weighted by atomic mass is 9.83. The fraction of sp³-hybridized carbons (Fsp3) is 1.00. The predicted molar refractivity (Wildman–Crippen MR) is 64.7 cm³/mol. The van der Waals surface area contributed by atoms with Gasteiger partial charge in [0.1, 0.15) is 0 Å². The lowest BCUT2D eigenvalue weighted by Gasteiger charge is -2.34. The Balaban J connectivity index is 1.85. The van der Waals surface area contributed by atoms with E-state index in [9.17, 15) is 0 Å². The van der Waals surface area contributed by atoms with Crippen LogP contribution in [-0.4, -0.2) is 18.6 Å². The minimum Gasteiger partial charge on any atom is -0.330 e. The van der Waals surface area contributed by atoms with Gasteiger partial charge in [-0.25, -0.2) is 0 Å². The van der Waals surface area contributed by atoms with Crippen LogP contribution in [0.1, 0.15) is 51.9 Å². The topological polar surface area (TPSA) is 38.0 Å². The maximum atomic E-state index is 5.86.